The van der Waals surface area contributed by atoms with E-state index in [9.17, 15) is 4.79 Å². The fraction of sp³-hybridized carbons (Fsp3) is 0.0909. The van der Waals surface area contributed by atoms with Crippen molar-refractivity contribution in [2.45, 2.75) is 6.54 Å². The van der Waals surface area contributed by atoms with E-state index in [1.54, 1.807) is 6.08 Å². The highest BCUT2D eigenvalue weighted by molar-refractivity contribution is 6.15. The van der Waals surface area contributed by atoms with Crippen LogP contribution in [-0.4, -0.2) is 20.6 Å². The summed E-state index contributed by atoms with van der Waals surface area (Å²) < 4.78 is 1.92. The first-order chi connectivity index (χ1) is 7.27. The minimum Gasteiger partial charge on any atom is -0.478 e. The molecule has 2 aromatic rings. The average molecular weight is 200 g/mol. The lowest BCUT2D eigenvalue weighted by molar-refractivity contribution is -0.130. The van der Waals surface area contributed by atoms with Gasteiger partial charge in [-0.2, -0.15) is 0 Å². The van der Waals surface area contributed by atoms with Gasteiger partial charge in [-0.1, -0.05) is 12.1 Å². The summed E-state index contributed by atoms with van der Waals surface area (Å²) in [7, 11) is 0. The summed E-state index contributed by atoms with van der Waals surface area (Å²) in [6.45, 7) is 0.595. The lowest BCUT2D eigenvalue weighted by atomic mass is 10.3. The number of fused-ring (bicyclic) bond motifs is 3. The molecule has 4 heteroatoms. The van der Waals surface area contributed by atoms with E-state index in [-0.39, 0.29) is 0 Å². The van der Waals surface area contributed by atoms with Crippen LogP contribution in [0.25, 0.3) is 16.6 Å². The van der Waals surface area contributed by atoms with Crippen LogP contribution in [-0.2, 0) is 11.3 Å². The Morgan fingerprint density at radius 2 is 2.20 bits per heavy atom. The second-order valence-electron chi connectivity index (χ2n) is 3.46. The average Bonchev–Trinajstić information content (AvgIpc) is 2.74. The number of carbonyl (C=O) groups is 1. The molecule has 2 heterocycles. The molecule has 0 aliphatic carbocycles. The molecule has 1 aliphatic heterocycles. The molecule has 0 amide bonds. The Balaban J connectivity index is 2.30. The normalized spacial score (nSPS) is 14.0. The highest BCUT2D eigenvalue weighted by Crippen LogP contribution is 2.26. The Kier molecular flexibility index (Phi) is 1.48. The van der Waals surface area contributed by atoms with E-state index in [2.05, 4.69) is 4.98 Å². The molecular weight excluding hydrogens is 192 g/mol. The Hall–Kier alpha value is -2.10. The van der Waals surface area contributed by atoms with Crippen molar-refractivity contribution in [2.75, 3.05) is 0 Å². The SMILES string of the molecule is O=C(O)C1=CCn2c1nc1ccccc12. The molecule has 0 saturated heterocycles. The summed E-state index contributed by atoms with van der Waals surface area (Å²) in [6, 6.07) is 7.66. The number of benzene rings is 1. The van der Waals surface area contributed by atoms with Crippen molar-refractivity contribution in [1.82, 2.24) is 9.55 Å². The highest BCUT2D eigenvalue weighted by atomic mass is 16.4. The Labute approximate surface area is 85.5 Å². The predicted octanol–water partition coefficient (Wildman–Crippen LogP) is 1.52. The largest absolute Gasteiger partial charge is 0.478 e. The number of imidazole rings is 1. The van der Waals surface area contributed by atoms with Crippen molar-refractivity contribution in [1.29, 1.82) is 0 Å². The van der Waals surface area contributed by atoms with Gasteiger partial charge in [0, 0.05) is 6.54 Å². The van der Waals surface area contributed by atoms with Crippen molar-refractivity contribution < 1.29 is 9.90 Å². The molecule has 0 bridgehead atoms. The molecule has 1 N–H and O–H groups in total. The lowest BCUT2D eigenvalue weighted by Gasteiger charge is -1.96. The van der Waals surface area contributed by atoms with E-state index >= 15 is 0 Å². The summed E-state index contributed by atoms with van der Waals surface area (Å²) in [5, 5.41) is 8.96. The molecule has 1 aromatic heterocycles. The molecule has 1 aromatic carbocycles. The third-order valence-electron chi connectivity index (χ3n) is 2.60. The number of carboxylic acids is 1. The van der Waals surface area contributed by atoms with Crippen molar-refractivity contribution in [3.63, 3.8) is 0 Å². The standard InChI is InChI=1S/C11H8N2O2/c14-11(15)7-5-6-13-9-4-2-1-3-8(9)12-10(7)13/h1-5H,6H2,(H,14,15). The second kappa shape index (κ2) is 2.70. The molecular formula is C11H8N2O2. The van der Waals surface area contributed by atoms with Gasteiger partial charge in [0.25, 0.3) is 0 Å². The molecule has 0 unspecified atom stereocenters. The van der Waals surface area contributed by atoms with Crippen LogP contribution in [0.3, 0.4) is 0 Å². The summed E-state index contributed by atoms with van der Waals surface area (Å²) >= 11 is 0. The third kappa shape index (κ3) is 1.01. The van der Waals surface area contributed by atoms with Gasteiger partial charge in [0.15, 0.2) is 0 Å². The number of hydrogen-bond acceptors (Lipinski definition) is 2. The van der Waals surface area contributed by atoms with E-state index in [4.69, 9.17) is 5.11 Å². The maximum atomic E-state index is 10.9. The zero-order valence-corrected chi connectivity index (χ0v) is 7.84. The molecule has 0 atom stereocenters. The highest BCUT2D eigenvalue weighted by Gasteiger charge is 2.23. The predicted molar refractivity (Wildman–Crippen MR) is 55.3 cm³/mol. The summed E-state index contributed by atoms with van der Waals surface area (Å²) in [6.07, 6.45) is 1.69. The van der Waals surface area contributed by atoms with Gasteiger partial charge >= 0.3 is 5.97 Å². The van der Waals surface area contributed by atoms with E-state index in [1.165, 1.54) is 0 Å². The van der Waals surface area contributed by atoms with Crippen molar-refractivity contribution >= 4 is 22.6 Å². The molecule has 3 rings (SSSR count). The number of para-hydroxylation sites is 2. The van der Waals surface area contributed by atoms with Crippen LogP contribution in [0, 0.1) is 0 Å². The number of rotatable bonds is 1. The van der Waals surface area contributed by atoms with Crippen molar-refractivity contribution in [2.24, 2.45) is 0 Å². The molecule has 0 saturated carbocycles. The Bertz CT molecular complexity index is 596. The van der Waals surface area contributed by atoms with Crippen LogP contribution >= 0.6 is 0 Å². The molecule has 15 heavy (non-hydrogen) atoms. The third-order valence-corrected chi connectivity index (χ3v) is 2.60. The van der Waals surface area contributed by atoms with Gasteiger partial charge in [-0.05, 0) is 18.2 Å². The van der Waals surface area contributed by atoms with Gasteiger partial charge in [0.1, 0.15) is 11.4 Å². The maximum Gasteiger partial charge on any atom is 0.339 e. The lowest BCUT2D eigenvalue weighted by Crippen LogP contribution is -2.00. The minimum atomic E-state index is -0.913. The van der Waals surface area contributed by atoms with Crippen LogP contribution in [0.5, 0.6) is 0 Å². The number of aromatic nitrogens is 2. The van der Waals surface area contributed by atoms with Gasteiger partial charge in [-0.25, -0.2) is 9.78 Å². The van der Waals surface area contributed by atoms with Crippen LogP contribution in [0.1, 0.15) is 5.82 Å². The monoisotopic (exact) mass is 200 g/mol. The first-order valence-corrected chi connectivity index (χ1v) is 4.66. The topological polar surface area (TPSA) is 55.1 Å². The fourth-order valence-corrected chi connectivity index (χ4v) is 1.92. The van der Waals surface area contributed by atoms with E-state index in [0.717, 1.165) is 11.0 Å². The first kappa shape index (κ1) is 8.23. The molecule has 1 aliphatic rings. The first-order valence-electron chi connectivity index (χ1n) is 4.66. The number of carboxylic acid groups (broad SMARTS) is 1. The van der Waals surface area contributed by atoms with Crippen molar-refractivity contribution in [3.05, 3.63) is 36.2 Å². The van der Waals surface area contributed by atoms with Crippen molar-refractivity contribution in [3.8, 4) is 0 Å². The second-order valence-corrected chi connectivity index (χ2v) is 3.46. The number of allylic oxidation sites excluding steroid dienone is 1. The number of hydrogen-bond donors (Lipinski definition) is 1. The van der Waals surface area contributed by atoms with Gasteiger partial charge in [0.2, 0.25) is 0 Å². The summed E-state index contributed by atoms with van der Waals surface area (Å²) in [5.41, 5.74) is 2.13. The molecule has 0 radical (unpaired) electrons. The van der Waals surface area contributed by atoms with Crippen LogP contribution in [0.4, 0.5) is 0 Å². The maximum absolute atomic E-state index is 10.9. The summed E-state index contributed by atoms with van der Waals surface area (Å²) in [4.78, 5) is 15.2. The van der Waals surface area contributed by atoms with E-state index in [0.29, 0.717) is 17.9 Å². The van der Waals surface area contributed by atoms with Crippen LogP contribution in [0.15, 0.2) is 30.3 Å². The molecule has 0 fully saturated rings. The van der Waals surface area contributed by atoms with Gasteiger partial charge in [0.05, 0.1) is 11.0 Å². The van der Waals surface area contributed by atoms with E-state index < -0.39 is 5.97 Å². The molecule has 0 spiro atoms. The smallest absolute Gasteiger partial charge is 0.339 e. The molecule has 4 nitrogen and oxygen atoms in total. The quantitative estimate of drug-likeness (QED) is 0.759. The zero-order chi connectivity index (χ0) is 10.4. The number of aliphatic carboxylic acids is 1. The van der Waals surface area contributed by atoms with Gasteiger partial charge in [-0.3, -0.25) is 0 Å². The van der Waals surface area contributed by atoms with Gasteiger partial charge in [-0.15, -0.1) is 0 Å². The number of nitrogens with zero attached hydrogens (tertiary/aromatic N) is 2. The summed E-state index contributed by atoms with van der Waals surface area (Å²) in [5.74, 6) is -0.354. The Morgan fingerprint density at radius 1 is 1.40 bits per heavy atom. The minimum absolute atomic E-state index is 0.297. The van der Waals surface area contributed by atoms with Crippen LogP contribution in [0.2, 0.25) is 0 Å². The molecule has 74 valence electrons. The van der Waals surface area contributed by atoms with Gasteiger partial charge < -0.3 is 9.67 Å². The Morgan fingerprint density at radius 3 is 3.00 bits per heavy atom. The van der Waals surface area contributed by atoms with Crippen LogP contribution < -0.4 is 0 Å². The zero-order valence-electron chi connectivity index (χ0n) is 7.84. The van der Waals surface area contributed by atoms with E-state index in [1.807, 2.05) is 28.8 Å². The fourth-order valence-electron chi connectivity index (χ4n) is 1.92.